The highest BCUT2D eigenvalue weighted by Crippen LogP contribution is 2.16. The van der Waals surface area contributed by atoms with Crippen LogP contribution in [0.5, 0.6) is 0 Å². The van der Waals surface area contributed by atoms with Crippen LogP contribution in [-0.4, -0.2) is 23.5 Å². The summed E-state index contributed by atoms with van der Waals surface area (Å²) in [7, 11) is 0. The van der Waals surface area contributed by atoms with E-state index in [1.165, 1.54) is 17.7 Å². The maximum Gasteiger partial charge on any atom is 0.220 e. The molecule has 2 heterocycles. The number of carbonyl (C=O) groups is 1. The molecule has 2 rings (SSSR count). The fourth-order valence-electron chi connectivity index (χ4n) is 2.31. The van der Waals surface area contributed by atoms with E-state index in [9.17, 15) is 4.79 Å². The molecule has 2 N–H and O–H groups in total. The summed E-state index contributed by atoms with van der Waals surface area (Å²) in [6.07, 6.45) is 4.02. The Labute approximate surface area is 112 Å². The summed E-state index contributed by atoms with van der Waals surface area (Å²) in [4.78, 5) is 17.3. The van der Waals surface area contributed by atoms with E-state index >= 15 is 0 Å². The minimum atomic E-state index is 0.147. The van der Waals surface area contributed by atoms with Crippen LogP contribution in [0, 0.1) is 13.8 Å². The third-order valence-corrected chi connectivity index (χ3v) is 4.40. The van der Waals surface area contributed by atoms with Crippen molar-refractivity contribution in [3.8, 4) is 0 Å². The Morgan fingerprint density at radius 3 is 3.00 bits per heavy atom. The molecular formula is C13H21N3OS. The highest BCUT2D eigenvalue weighted by atomic mass is 32.1. The molecule has 0 aromatic carbocycles. The van der Waals surface area contributed by atoms with Crippen LogP contribution in [0.25, 0.3) is 0 Å². The van der Waals surface area contributed by atoms with Crippen molar-refractivity contribution >= 4 is 17.2 Å². The number of nitrogens with zero attached hydrogens (tertiary/aromatic N) is 1. The lowest BCUT2D eigenvalue weighted by Crippen LogP contribution is -2.27. The van der Waals surface area contributed by atoms with Gasteiger partial charge in [0.2, 0.25) is 5.91 Å². The van der Waals surface area contributed by atoms with Gasteiger partial charge in [-0.05, 0) is 39.7 Å². The number of carbonyl (C=O) groups excluding carboxylic acids is 1. The van der Waals surface area contributed by atoms with Gasteiger partial charge < -0.3 is 10.6 Å². The lowest BCUT2D eigenvalue weighted by Gasteiger charge is -2.09. The molecule has 1 unspecified atom stereocenters. The second-order valence-corrected chi connectivity index (χ2v) is 6.14. The molecule has 0 bridgehead atoms. The van der Waals surface area contributed by atoms with E-state index in [0.717, 1.165) is 23.7 Å². The highest BCUT2D eigenvalue weighted by Gasteiger charge is 2.15. The van der Waals surface area contributed by atoms with Crippen LogP contribution in [-0.2, 0) is 11.3 Å². The first-order valence-electron chi connectivity index (χ1n) is 6.58. The predicted octanol–water partition coefficient (Wildman–Crippen LogP) is 1.91. The van der Waals surface area contributed by atoms with Crippen LogP contribution < -0.4 is 10.6 Å². The third kappa shape index (κ3) is 3.78. The Morgan fingerprint density at radius 1 is 1.56 bits per heavy atom. The molecule has 1 aliphatic rings. The van der Waals surface area contributed by atoms with E-state index in [1.54, 1.807) is 11.3 Å². The highest BCUT2D eigenvalue weighted by molar-refractivity contribution is 7.11. The summed E-state index contributed by atoms with van der Waals surface area (Å²) in [6, 6.07) is 0.545. The van der Waals surface area contributed by atoms with Crippen LogP contribution in [0.3, 0.4) is 0 Å². The van der Waals surface area contributed by atoms with Gasteiger partial charge in [-0.15, -0.1) is 11.3 Å². The zero-order valence-corrected chi connectivity index (χ0v) is 11.9. The van der Waals surface area contributed by atoms with Crippen LogP contribution in [0.15, 0.2) is 0 Å². The summed E-state index contributed by atoms with van der Waals surface area (Å²) in [5.41, 5.74) is 1.04. The van der Waals surface area contributed by atoms with E-state index in [1.807, 2.05) is 13.8 Å². The molecule has 1 aliphatic heterocycles. The SMILES string of the molecule is Cc1nc(C)c(CNC(=O)CCC2CCCN2)s1. The van der Waals surface area contributed by atoms with Gasteiger partial charge >= 0.3 is 0 Å². The first-order valence-corrected chi connectivity index (χ1v) is 7.40. The first-order chi connectivity index (χ1) is 8.65. The van der Waals surface area contributed by atoms with Gasteiger partial charge in [-0.25, -0.2) is 4.98 Å². The molecule has 5 heteroatoms. The van der Waals surface area contributed by atoms with Crippen molar-refractivity contribution in [2.75, 3.05) is 6.54 Å². The number of hydrogen-bond donors (Lipinski definition) is 2. The number of amides is 1. The molecule has 1 fully saturated rings. The number of thiazole rings is 1. The molecule has 4 nitrogen and oxygen atoms in total. The van der Waals surface area contributed by atoms with Crippen LogP contribution >= 0.6 is 11.3 Å². The second kappa shape index (κ2) is 6.29. The van der Waals surface area contributed by atoms with Gasteiger partial charge in [0.1, 0.15) is 0 Å². The fourth-order valence-corrected chi connectivity index (χ4v) is 3.19. The number of nitrogens with one attached hydrogen (secondary N) is 2. The topological polar surface area (TPSA) is 54.0 Å². The minimum Gasteiger partial charge on any atom is -0.351 e. The quantitative estimate of drug-likeness (QED) is 0.857. The smallest absolute Gasteiger partial charge is 0.220 e. The molecule has 100 valence electrons. The average molecular weight is 267 g/mol. The zero-order valence-electron chi connectivity index (χ0n) is 11.1. The first kappa shape index (κ1) is 13.5. The van der Waals surface area contributed by atoms with Crippen LogP contribution in [0.4, 0.5) is 0 Å². The Hall–Kier alpha value is -0.940. The monoisotopic (exact) mass is 267 g/mol. The molecule has 1 aromatic rings. The van der Waals surface area contributed by atoms with Gasteiger partial charge in [-0.1, -0.05) is 0 Å². The Morgan fingerprint density at radius 2 is 2.39 bits per heavy atom. The number of hydrogen-bond acceptors (Lipinski definition) is 4. The second-order valence-electron chi connectivity index (χ2n) is 4.85. The van der Waals surface area contributed by atoms with E-state index in [2.05, 4.69) is 15.6 Å². The molecule has 1 amide bonds. The maximum absolute atomic E-state index is 11.7. The maximum atomic E-state index is 11.7. The molecule has 0 radical (unpaired) electrons. The normalized spacial score (nSPS) is 19.1. The lowest BCUT2D eigenvalue weighted by molar-refractivity contribution is -0.121. The summed E-state index contributed by atoms with van der Waals surface area (Å²) >= 11 is 1.66. The Bertz CT molecular complexity index is 410. The summed E-state index contributed by atoms with van der Waals surface area (Å²) in [5, 5.41) is 7.45. The largest absolute Gasteiger partial charge is 0.351 e. The fraction of sp³-hybridized carbons (Fsp3) is 0.692. The van der Waals surface area contributed by atoms with Crippen molar-refractivity contribution in [3.63, 3.8) is 0 Å². The van der Waals surface area contributed by atoms with Gasteiger partial charge in [-0.2, -0.15) is 0 Å². The van der Waals surface area contributed by atoms with Gasteiger partial charge in [0.25, 0.3) is 0 Å². The van der Waals surface area contributed by atoms with Gasteiger partial charge in [0.05, 0.1) is 17.2 Å². The van der Waals surface area contributed by atoms with Gasteiger partial charge in [0.15, 0.2) is 0 Å². The van der Waals surface area contributed by atoms with E-state index < -0.39 is 0 Å². The number of aryl methyl sites for hydroxylation is 2. The molecule has 18 heavy (non-hydrogen) atoms. The Kier molecular flexibility index (Phi) is 4.72. The number of aromatic nitrogens is 1. The lowest BCUT2D eigenvalue weighted by atomic mass is 10.1. The standard InChI is InChI=1S/C13H21N3OS/c1-9-12(18-10(2)16-9)8-15-13(17)6-5-11-4-3-7-14-11/h11,14H,3-8H2,1-2H3,(H,15,17). The van der Waals surface area contributed by atoms with Crippen LogP contribution in [0.2, 0.25) is 0 Å². The molecule has 0 spiro atoms. The predicted molar refractivity (Wildman–Crippen MR) is 73.7 cm³/mol. The summed E-state index contributed by atoms with van der Waals surface area (Å²) < 4.78 is 0. The van der Waals surface area contributed by atoms with Gasteiger partial charge in [-0.3, -0.25) is 4.79 Å². The minimum absolute atomic E-state index is 0.147. The van der Waals surface area contributed by atoms with E-state index in [4.69, 9.17) is 0 Å². The van der Waals surface area contributed by atoms with E-state index in [-0.39, 0.29) is 5.91 Å². The van der Waals surface area contributed by atoms with Crippen molar-refractivity contribution in [2.45, 2.75) is 52.1 Å². The average Bonchev–Trinajstić information content (AvgIpc) is 2.94. The molecule has 1 aromatic heterocycles. The van der Waals surface area contributed by atoms with Crippen molar-refractivity contribution in [2.24, 2.45) is 0 Å². The molecule has 1 saturated heterocycles. The molecule has 1 atom stereocenters. The molecular weight excluding hydrogens is 246 g/mol. The molecule has 0 saturated carbocycles. The number of rotatable bonds is 5. The Balaban J connectivity index is 1.69. The van der Waals surface area contributed by atoms with Crippen molar-refractivity contribution in [1.82, 2.24) is 15.6 Å². The summed E-state index contributed by atoms with van der Waals surface area (Å²) in [5.74, 6) is 0.147. The van der Waals surface area contributed by atoms with Gasteiger partial charge in [0, 0.05) is 17.3 Å². The van der Waals surface area contributed by atoms with Crippen molar-refractivity contribution in [1.29, 1.82) is 0 Å². The van der Waals surface area contributed by atoms with E-state index in [0.29, 0.717) is 19.0 Å². The van der Waals surface area contributed by atoms with Crippen molar-refractivity contribution in [3.05, 3.63) is 15.6 Å². The summed E-state index contributed by atoms with van der Waals surface area (Å²) in [6.45, 7) is 5.71. The third-order valence-electron chi connectivity index (χ3n) is 3.33. The van der Waals surface area contributed by atoms with Crippen molar-refractivity contribution < 1.29 is 4.79 Å². The molecule has 0 aliphatic carbocycles. The van der Waals surface area contributed by atoms with Crippen LogP contribution in [0.1, 0.15) is 41.3 Å². The zero-order chi connectivity index (χ0) is 13.0.